The fourth-order valence-corrected chi connectivity index (χ4v) is 2.35. The minimum absolute atomic E-state index is 0.476. The molecule has 2 rings (SSSR count). The Morgan fingerprint density at radius 1 is 1.50 bits per heavy atom. The maximum absolute atomic E-state index is 11.2. The van der Waals surface area contributed by atoms with Gasteiger partial charge in [0.15, 0.2) is 0 Å². The van der Waals surface area contributed by atoms with E-state index in [0.29, 0.717) is 18.6 Å². The lowest BCUT2D eigenvalue weighted by Gasteiger charge is -2.19. The highest BCUT2D eigenvalue weighted by Crippen LogP contribution is 2.32. The molecule has 2 N–H and O–H groups in total. The van der Waals surface area contributed by atoms with Crippen LogP contribution < -0.4 is 4.74 Å². The lowest BCUT2D eigenvalue weighted by Crippen LogP contribution is -2.21. The van der Waals surface area contributed by atoms with Crippen molar-refractivity contribution in [3.63, 3.8) is 0 Å². The fourth-order valence-electron chi connectivity index (χ4n) is 2.35. The van der Waals surface area contributed by atoms with Crippen molar-refractivity contribution in [3.8, 4) is 5.75 Å². The lowest BCUT2D eigenvalue weighted by molar-refractivity contribution is -0.146. The normalized spacial score (nSPS) is 16.8. The van der Waals surface area contributed by atoms with E-state index in [2.05, 4.69) is 0 Å². The van der Waals surface area contributed by atoms with Crippen LogP contribution in [-0.4, -0.2) is 22.8 Å². The molecule has 98 valence electrons. The van der Waals surface area contributed by atoms with Gasteiger partial charge in [0.2, 0.25) is 0 Å². The number of fused-ring (bicyclic) bond motifs is 1. The number of hydrogen-bond donors (Lipinski definition) is 2. The summed E-state index contributed by atoms with van der Waals surface area (Å²) in [6.07, 6.45) is 1.08. The third-order valence-corrected chi connectivity index (χ3v) is 3.35. The average molecular weight is 250 g/mol. The maximum atomic E-state index is 11.2. The van der Waals surface area contributed by atoms with E-state index in [0.717, 1.165) is 24.2 Å². The predicted molar refractivity (Wildman–Crippen MR) is 66.6 cm³/mol. The molecular formula is C14H18O4. The Hall–Kier alpha value is -1.55. The van der Waals surface area contributed by atoms with Gasteiger partial charge < -0.3 is 14.9 Å². The van der Waals surface area contributed by atoms with Crippen molar-refractivity contribution < 1.29 is 19.7 Å². The van der Waals surface area contributed by atoms with Crippen molar-refractivity contribution in [1.29, 1.82) is 0 Å². The summed E-state index contributed by atoms with van der Waals surface area (Å²) in [5.41, 5.74) is 1.72. The summed E-state index contributed by atoms with van der Waals surface area (Å²) in [7, 11) is 0. The van der Waals surface area contributed by atoms with E-state index in [1.54, 1.807) is 6.07 Å². The SMILES string of the molecule is CCCC(C(=O)O)C(O)c1ccc2c(c1)CCO2. The standard InChI is InChI=1S/C14H18O4/c1-2-3-11(14(16)17)13(15)10-4-5-12-9(8-10)6-7-18-12/h4-5,8,11,13,15H,2-3,6-7H2,1H3,(H,16,17). The van der Waals surface area contributed by atoms with Crippen LogP contribution in [0.25, 0.3) is 0 Å². The molecule has 0 spiro atoms. The Morgan fingerprint density at radius 3 is 2.94 bits per heavy atom. The van der Waals surface area contributed by atoms with Gasteiger partial charge in [-0.05, 0) is 29.7 Å². The van der Waals surface area contributed by atoms with Crippen LogP contribution in [0.5, 0.6) is 5.75 Å². The van der Waals surface area contributed by atoms with Gasteiger partial charge in [-0.3, -0.25) is 4.79 Å². The molecule has 0 radical (unpaired) electrons. The molecule has 1 aromatic carbocycles. The number of hydrogen-bond acceptors (Lipinski definition) is 3. The summed E-state index contributed by atoms with van der Waals surface area (Å²) in [6, 6.07) is 5.42. The van der Waals surface area contributed by atoms with Gasteiger partial charge in [-0.15, -0.1) is 0 Å². The van der Waals surface area contributed by atoms with E-state index in [9.17, 15) is 9.90 Å². The molecule has 1 heterocycles. The lowest BCUT2D eigenvalue weighted by atomic mass is 9.91. The van der Waals surface area contributed by atoms with Crippen LogP contribution in [0.15, 0.2) is 18.2 Å². The van der Waals surface area contributed by atoms with E-state index in [4.69, 9.17) is 9.84 Å². The topological polar surface area (TPSA) is 66.8 Å². The van der Waals surface area contributed by atoms with Gasteiger partial charge in [-0.1, -0.05) is 19.4 Å². The minimum atomic E-state index is -0.951. The number of aliphatic hydroxyl groups is 1. The first kappa shape index (κ1) is 12.9. The quantitative estimate of drug-likeness (QED) is 0.840. The molecule has 2 atom stereocenters. The van der Waals surface area contributed by atoms with Crippen molar-refractivity contribution >= 4 is 5.97 Å². The zero-order valence-electron chi connectivity index (χ0n) is 10.4. The van der Waals surface area contributed by atoms with Crippen LogP contribution in [0.4, 0.5) is 0 Å². The minimum Gasteiger partial charge on any atom is -0.493 e. The molecule has 0 amide bonds. The monoisotopic (exact) mass is 250 g/mol. The van der Waals surface area contributed by atoms with E-state index in [1.165, 1.54) is 0 Å². The molecule has 1 aliphatic rings. The van der Waals surface area contributed by atoms with E-state index < -0.39 is 18.0 Å². The summed E-state index contributed by atoms with van der Waals surface area (Å²) in [5.74, 6) is -0.843. The van der Waals surface area contributed by atoms with Crippen LogP contribution >= 0.6 is 0 Å². The Balaban J connectivity index is 2.21. The van der Waals surface area contributed by atoms with Crippen LogP contribution in [0.3, 0.4) is 0 Å². The first-order chi connectivity index (χ1) is 8.63. The van der Waals surface area contributed by atoms with Gasteiger partial charge >= 0.3 is 5.97 Å². The molecule has 0 bridgehead atoms. The van der Waals surface area contributed by atoms with Crippen molar-refractivity contribution in [2.24, 2.45) is 5.92 Å². The zero-order chi connectivity index (χ0) is 13.1. The van der Waals surface area contributed by atoms with Gasteiger partial charge in [0.05, 0.1) is 18.6 Å². The van der Waals surface area contributed by atoms with Crippen molar-refractivity contribution in [2.75, 3.05) is 6.61 Å². The highest BCUT2D eigenvalue weighted by Gasteiger charge is 2.27. The highest BCUT2D eigenvalue weighted by atomic mass is 16.5. The third-order valence-electron chi connectivity index (χ3n) is 3.35. The van der Waals surface area contributed by atoms with Gasteiger partial charge in [-0.25, -0.2) is 0 Å². The highest BCUT2D eigenvalue weighted by molar-refractivity contribution is 5.71. The fraction of sp³-hybridized carbons (Fsp3) is 0.500. The smallest absolute Gasteiger partial charge is 0.309 e. The summed E-state index contributed by atoms with van der Waals surface area (Å²) < 4.78 is 5.39. The van der Waals surface area contributed by atoms with Crippen LogP contribution in [0.1, 0.15) is 37.0 Å². The molecule has 0 aromatic heterocycles. The number of ether oxygens (including phenoxy) is 1. The molecule has 1 aliphatic heterocycles. The molecule has 0 fully saturated rings. The van der Waals surface area contributed by atoms with E-state index >= 15 is 0 Å². The Bertz CT molecular complexity index is 441. The molecule has 0 aliphatic carbocycles. The number of benzene rings is 1. The van der Waals surface area contributed by atoms with Gasteiger partial charge in [0.25, 0.3) is 0 Å². The zero-order valence-corrected chi connectivity index (χ0v) is 10.4. The Labute approximate surface area is 106 Å². The molecule has 4 nitrogen and oxygen atoms in total. The molecular weight excluding hydrogens is 232 g/mol. The van der Waals surface area contributed by atoms with Crippen LogP contribution in [-0.2, 0) is 11.2 Å². The van der Waals surface area contributed by atoms with Gasteiger partial charge in [0, 0.05) is 6.42 Å². The molecule has 2 unspecified atom stereocenters. The van der Waals surface area contributed by atoms with E-state index in [1.807, 2.05) is 19.1 Å². The van der Waals surface area contributed by atoms with Crippen molar-refractivity contribution in [2.45, 2.75) is 32.3 Å². The first-order valence-electron chi connectivity index (χ1n) is 6.30. The van der Waals surface area contributed by atoms with Crippen molar-refractivity contribution in [1.82, 2.24) is 0 Å². The Kier molecular flexibility index (Phi) is 3.87. The molecule has 1 aromatic rings. The summed E-state index contributed by atoms with van der Waals surface area (Å²) in [4.78, 5) is 11.2. The molecule has 18 heavy (non-hydrogen) atoms. The maximum Gasteiger partial charge on any atom is 0.309 e. The van der Waals surface area contributed by atoms with Crippen molar-refractivity contribution in [3.05, 3.63) is 29.3 Å². The second-order valence-electron chi connectivity index (χ2n) is 4.64. The van der Waals surface area contributed by atoms with Gasteiger partial charge in [0.1, 0.15) is 5.75 Å². The first-order valence-corrected chi connectivity index (χ1v) is 6.30. The van der Waals surface area contributed by atoms with Gasteiger partial charge in [-0.2, -0.15) is 0 Å². The number of carbonyl (C=O) groups is 1. The molecule has 0 saturated carbocycles. The largest absolute Gasteiger partial charge is 0.493 e. The second-order valence-corrected chi connectivity index (χ2v) is 4.64. The van der Waals surface area contributed by atoms with Crippen LogP contribution in [0, 0.1) is 5.92 Å². The summed E-state index contributed by atoms with van der Waals surface area (Å²) in [6.45, 7) is 2.57. The molecule has 0 saturated heterocycles. The number of aliphatic hydroxyl groups excluding tert-OH is 1. The predicted octanol–water partition coefficient (Wildman–Crippen LogP) is 2.16. The second kappa shape index (κ2) is 5.40. The summed E-state index contributed by atoms with van der Waals surface area (Å²) in [5, 5.41) is 19.3. The number of aliphatic carboxylic acids is 1. The third kappa shape index (κ3) is 2.48. The molecule has 4 heteroatoms. The summed E-state index contributed by atoms with van der Waals surface area (Å²) >= 11 is 0. The van der Waals surface area contributed by atoms with Crippen LogP contribution in [0.2, 0.25) is 0 Å². The number of rotatable bonds is 5. The average Bonchev–Trinajstić information content (AvgIpc) is 2.81. The number of carboxylic acid groups (broad SMARTS) is 1. The number of carboxylic acids is 1. The van der Waals surface area contributed by atoms with E-state index in [-0.39, 0.29) is 0 Å². The Morgan fingerprint density at radius 2 is 2.28 bits per heavy atom.